The molecule has 1 saturated heterocycles. The molecule has 0 aliphatic carbocycles. The van der Waals surface area contributed by atoms with Crippen molar-refractivity contribution in [3.8, 4) is 6.07 Å². The van der Waals surface area contributed by atoms with Gasteiger partial charge in [0, 0.05) is 32.4 Å². The van der Waals surface area contributed by atoms with Crippen LogP contribution in [0.4, 0.5) is 5.82 Å². The number of carbonyl (C=O) groups excluding carboxylic acids is 1. The molecule has 130 valence electrons. The average Bonchev–Trinajstić information content (AvgIpc) is 2.86. The van der Waals surface area contributed by atoms with Gasteiger partial charge in [-0.25, -0.2) is 4.98 Å². The lowest BCUT2D eigenvalue weighted by molar-refractivity contribution is 0.0764. The quantitative estimate of drug-likeness (QED) is 0.852. The molecule has 3 rings (SSSR count). The van der Waals surface area contributed by atoms with Gasteiger partial charge in [0.05, 0.1) is 11.3 Å². The maximum atomic E-state index is 12.9. The first-order valence-electron chi connectivity index (χ1n) is 8.50. The molecule has 2 aromatic rings. The highest BCUT2D eigenvalue weighted by Crippen LogP contribution is 2.21. The van der Waals surface area contributed by atoms with Crippen LogP contribution in [0.25, 0.3) is 0 Å². The molecule has 3 heterocycles. The van der Waals surface area contributed by atoms with Crippen molar-refractivity contribution in [1.29, 1.82) is 5.26 Å². The van der Waals surface area contributed by atoms with Crippen molar-refractivity contribution in [1.82, 2.24) is 15.0 Å². The van der Waals surface area contributed by atoms with Gasteiger partial charge < -0.3 is 14.3 Å². The van der Waals surface area contributed by atoms with Crippen LogP contribution >= 0.6 is 0 Å². The summed E-state index contributed by atoms with van der Waals surface area (Å²) in [4.78, 5) is 21.2. The fraction of sp³-hybridized carbons (Fsp3) is 0.444. The zero-order valence-corrected chi connectivity index (χ0v) is 14.5. The summed E-state index contributed by atoms with van der Waals surface area (Å²) in [5.41, 5.74) is 1.86. The van der Waals surface area contributed by atoms with Gasteiger partial charge in [0.15, 0.2) is 0 Å². The largest absolute Gasteiger partial charge is 0.361 e. The highest BCUT2D eigenvalue weighted by Gasteiger charge is 2.27. The lowest BCUT2D eigenvalue weighted by Crippen LogP contribution is -2.36. The Kier molecular flexibility index (Phi) is 4.98. The molecule has 7 heteroatoms. The van der Waals surface area contributed by atoms with Gasteiger partial charge in [0.25, 0.3) is 5.91 Å². The molecule has 1 fully saturated rings. The number of carbonyl (C=O) groups is 1. The maximum absolute atomic E-state index is 12.9. The Bertz CT molecular complexity index is 808. The molecule has 25 heavy (non-hydrogen) atoms. The average molecular weight is 339 g/mol. The van der Waals surface area contributed by atoms with E-state index in [0.29, 0.717) is 54.5 Å². The topological polar surface area (TPSA) is 86.3 Å². The molecule has 7 nitrogen and oxygen atoms in total. The van der Waals surface area contributed by atoms with Crippen molar-refractivity contribution in [2.45, 2.75) is 26.7 Å². The van der Waals surface area contributed by atoms with Crippen LogP contribution < -0.4 is 4.90 Å². The minimum absolute atomic E-state index is 0.0287. The van der Waals surface area contributed by atoms with E-state index in [1.165, 1.54) is 0 Å². The number of pyridine rings is 1. The molecule has 1 aliphatic rings. The van der Waals surface area contributed by atoms with Crippen LogP contribution in [-0.2, 0) is 6.42 Å². The number of nitriles is 1. The second-order valence-corrected chi connectivity index (χ2v) is 6.03. The van der Waals surface area contributed by atoms with Gasteiger partial charge in [-0.3, -0.25) is 4.79 Å². The molecular formula is C18H21N5O2. The number of amides is 1. The summed E-state index contributed by atoms with van der Waals surface area (Å²) < 4.78 is 5.20. The molecular weight excluding hydrogens is 318 g/mol. The van der Waals surface area contributed by atoms with Gasteiger partial charge in [-0.2, -0.15) is 5.26 Å². The molecule has 0 spiro atoms. The van der Waals surface area contributed by atoms with E-state index in [1.54, 1.807) is 25.3 Å². The summed E-state index contributed by atoms with van der Waals surface area (Å²) >= 11 is 0. The Morgan fingerprint density at radius 3 is 2.96 bits per heavy atom. The lowest BCUT2D eigenvalue weighted by atomic mass is 10.1. The van der Waals surface area contributed by atoms with Crippen LogP contribution in [0.3, 0.4) is 0 Å². The van der Waals surface area contributed by atoms with Crippen molar-refractivity contribution in [2.75, 3.05) is 31.1 Å². The van der Waals surface area contributed by atoms with Crippen LogP contribution in [0.15, 0.2) is 22.9 Å². The molecule has 0 aromatic carbocycles. The summed E-state index contributed by atoms with van der Waals surface area (Å²) in [6.45, 7) is 6.38. The predicted octanol–water partition coefficient (Wildman–Crippen LogP) is 2.16. The van der Waals surface area contributed by atoms with Crippen molar-refractivity contribution in [2.24, 2.45) is 0 Å². The summed E-state index contributed by atoms with van der Waals surface area (Å²) in [5.74, 6) is 1.23. The second kappa shape index (κ2) is 7.34. The van der Waals surface area contributed by atoms with Crippen molar-refractivity contribution in [3.63, 3.8) is 0 Å². The standard InChI is InChI=1S/C18H21N5O2/c1-3-15-16(13(2)25-21-15)18(24)23-9-5-8-22(10-11-23)17-14(12-19)6-4-7-20-17/h4,6-7H,3,5,8-11H2,1-2H3. The van der Waals surface area contributed by atoms with Gasteiger partial charge >= 0.3 is 0 Å². The van der Waals surface area contributed by atoms with Crippen LogP contribution in [0.5, 0.6) is 0 Å². The number of hydrogen-bond donors (Lipinski definition) is 0. The number of aromatic nitrogens is 2. The highest BCUT2D eigenvalue weighted by molar-refractivity contribution is 5.96. The minimum atomic E-state index is -0.0287. The van der Waals surface area contributed by atoms with Gasteiger partial charge in [-0.1, -0.05) is 12.1 Å². The Hall–Kier alpha value is -2.88. The van der Waals surface area contributed by atoms with Gasteiger partial charge in [-0.15, -0.1) is 0 Å². The Labute approximate surface area is 146 Å². The summed E-state index contributed by atoms with van der Waals surface area (Å²) in [6, 6.07) is 5.72. The molecule has 0 N–H and O–H groups in total. The van der Waals surface area contributed by atoms with E-state index < -0.39 is 0 Å². The number of nitrogens with zero attached hydrogens (tertiary/aromatic N) is 5. The molecule has 0 bridgehead atoms. The Morgan fingerprint density at radius 1 is 1.36 bits per heavy atom. The van der Waals surface area contributed by atoms with Gasteiger partial charge in [0.2, 0.25) is 0 Å². The smallest absolute Gasteiger partial charge is 0.259 e. The summed E-state index contributed by atoms with van der Waals surface area (Å²) in [5, 5.41) is 13.3. The second-order valence-electron chi connectivity index (χ2n) is 6.03. The zero-order valence-electron chi connectivity index (χ0n) is 14.5. The monoisotopic (exact) mass is 339 g/mol. The molecule has 0 radical (unpaired) electrons. The van der Waals surface area contributed by atoms with E-state index in [4.69, 9.17) is 4.52 Å². The molecule has 0 atom stereocenters. The third kappa shape index (κ3) is 3.33. The fourth-order valence-electron chi connectivity index (χ4n) is 3.16. The number of anilines is 1. The van der Waals surface area contributed by atoms with Crippen molar-refractivity contribution >= 4 is 11.7 Å². The van der Waals surface area contributed by atoms with Crippen LogP contribution in [0.2, 0.25) is 0 Å². The first kappa shape index (κ1) is 17.0. The third-order valence-corrected chi connectivity index (χ3v) is 4.47. The Morgan fingerprint density at radius 2 is 2.20 bits per heavy atom. The van der Waals surface area contributed by atoms with E-state index >= 15 is 0 Å². The van der Waals surface area contributed by atoms with Crippen LogP contribution in [0.1, 0.15) is 40.7 Å². The van der Waals surface area contributed by atoms with E-state index in [9.17, 15) is 10.1 Å². The van der Waals surface area contributed by atoms with Crippen molar-refractivity contribution < 1.29 is 9.32 Å². The maximum Gasteiger partial charge on any atom is 0.259 e. The minimum Gasteiger partial charge on any atom is -0.361 e. The normalized spacial score (nSPS) is 14.9. The van der Waals surface area contributed by atoms with Gasteiger partial charge in [0.1, 0.15) is 23.2 Å². The lowest BCUT2D eigenvalue weighted by Gasteiger charge is -2.23. The first-order valence-corrected chi connectivity index (χ1v) is 8.50. The van der Waals surface area contributed by atoms with Crippen molar-refractivity contribution in [3.05, 3.63) is 40.9 Å². The molecule has 0 saturated carbocycles. The summed E-state index contributed by atoms with van der Waals surface area (Å²) in [6.07, 6.45) is 3.18. The van der Waals surface area contributed by atoms with Crippen LogP contribution in [0, 0.1) is 18.3 Å². The number of aryl methyl sites for hydroxylation is 2. The molecule has 0 unspecified atom stereocenters. The zero-order chi connectivity index (χ0) is 17.8. The fourth-order valence-corrected chi connectivity index (χ4v) is 3.16. The van der Waals surface area contributed by atoms with E-state index in [1.807, 2.05) is 11.8 Å². The van der Waals surface area contributed by atoms with E-state index in [0.717, 1.165) is 13.0 Å². The van der Waals surface area contributed by atoms with Crippen LogP contribution in [-0.4, -0.2) is 47.1 Å². The van der Waals surface area contributed by atoms with E-state index in [-0.39, 0.29) is 5.91 Å². The van der Waals surface area contributed by atoms with Gasteiger partial charge in [-0.05, 0) is 31.9 Å². The first-order chi connectivity index (χ1) is 12.2. The highest BCUT2D eigenvalue weighted by atomic mass is 16.5. The summed E-state index contributed by atoms with van der Waals surface area (Å²) in [7, 11) is 0. The third-order valence-electron chi connectivity index (χ3n) is 4.47. The number of hydrogen-bond acceptors (Lipinski definition) is 6. The Balaban J connectivity index is 1.77. The van der Waals surface area contributed by atoms with E-state index in [2.05, 4.69) is 21.1 Å². The molecule has 2 aromatic heterocycles. The molecule has 1 aliphatic heterocycles. The molecule has 1 amide bonds. The predicted molar refractivity (Wildman–Crippen MR) is 92.3 cm³/mol. The SMILES string of the molecule is CCc1noc(C)c1C(=O)N1CCCN(c2ncccc2C#N)CC1. The number of rotatable bonds is 3.